The Labute approximate surface area is 208 Å². The first-order valence-corrected chi connectivity index (χ1v) is 12.2. The number of benzene rings is 2. The number of thioether (sulfide) groups is 1. The summed E-state index contributed by atoms with van der Waals surface area (Å²) in [6.07, 6.45) is 0. The molecule has 0 bridgehead atoms. The third kappa shape index (κ3) is 5.32. The highest BCUT2D eigenvalue weighted by Gasteiger charge is 2.19. The first-order chi connectivity index (χ1) is 16.9. The molecule has 35 heavy (non-hydrogen) atoms. The van der Waals surface area contributed by atoms with Gasteiger partial charge in [-0.25, -0.2) is 0 Å². The molecular formula is C25H28N6O3S. The normalized spacial score (nSPS) is 10.9. The number of amides is 1. The van der Waals surface area contributed by atoms with Crippen molar-refractivity contribution in [2.45, 2.75) is 25.9 Å². The Morgan fingerprint density at radius 1 is 1.03 bits per heavy atom. The van der Waals surface area contributed by atoms with Crippen molar-refractivity contribution in [3.05, 3.63) is 59.9 Å². The average molecular weight is 493 g/mol. The zero-order valence-corrected chi connectivity index (χ0v) is 21.2. The number of hydrogen-bond donors (Lipinski definition) is 1. The summed E-state index contributed by atoms with van der Waals surface area (Å²) in [5.41, 5.74) is 4.17. The van der Waals surface area contributed by atoms with Crippen molar-refractivity contribution in [1.29, 1.82) is 0 Å². The molecule has 1 N–H and O–H groups in total. The number of methoxy groups -OCH3 is 1. The zero-order valence-electron chi connectivity index (χ0n) is 20.4. The molecule has 4 rings (SSSR count). The number of carbonyl (C=O) groups excluding carboxylic acids is 1. The summed E-state index contributed by atoms with van der Waals surface area (Å²) < 4.78 is 14.6. The van der Waals surface area contributed by atoms with Crippen molar-refractivity contribution in [3.8, 4) is 28.6 Å². The summed E-state index contributed by atoms with van der Waals surface area (Å²) in [6, 6.07) is 15.3. The summed E-state index contributed by atoms with van der Waals surface area (Å²) in [6.45, 7) is 6.34. The maximum atomic E-state index is 12.8. The maximum absolute atomic E-state index is 12.8. The Morgan fingerprint density at radius 3 is 2.31 bits per heavy atom. The highest BCUT2D eigenvalue weighted by atomic mass is 32.2. The third-order valence-electron chi connectivity index (χ3n) is 5.49. The van der Waals surface area contributed by atoms with E-state index in [1.54, 1.807) is 11.8 Å². The topological polar surface area (TPSA) is 96.1 Å². The van der Waals surface area contributed by atoms with Crippen LogP contribution in [0.4, 0.5) is 5.69 Å². The van der Waals surface area contributed by atoms with Gasteiger partial charge in [0.05, 0.1) is 36.5 Å². The Bertz CT molecular complexity index is 1310. The molecule has 0 radical (unpaired) electrons. The molecule has 4 aromatic rings. The molecule has 0 saturated heterocycles. The molecule has 0 spiro atoms. The lowest BCUT2D eigenvalue weighted by molar-refractivity contribution is -0.113. The van der Waals surface area contributed by atoms with Crippen molar-refractivity contribution in [3.63, 3.8) is 0 Å². The largest absolute Gasteiger partial charge is 0.497 e. The average Bonchev–Trinajstić information content (AvgIpc) is 3.39. The minimum atomic E-state index is -0.138. The molecule has 2 aromatic heterocycles. The van der Waals surface area contributed by atoms with E-state index in [9.17, 15) is 4.79 Å². The number of nitrogens with one attached hydrogen (secondary N) is 1. The molecular weight excluding hydrogens is 464 g/mol. The number of aryl methyl sites for hydroxylation is 2. The molecule has 0 aliphatic carbocycles. The second-order valence-corrected chi connectivity index (χ2v) is 8.75. The van der Waals surface area contributed by atoms with Crippen LogP contribution in [0.25, 0.3) is 17.1 Å². The zero-order chi connectivity index (χ0) is 24.9. The third-order valence-corrected chi connectivity index (χ3v) is 6.42. The molecule has 0 fully saturated rings. The van der Waals surface area contributed by atoms with Gasteiger partial charge >= 0.3 is 0 Å². The van der Waals surface area contributed by atoms with Gasteiger partial charge in [0.15, 0.2) is 11.0 Å². The van der Waals surface area contributed by atoms with E-state index in [-0.39, 0.29) is 11.7 Å². The van der Waals surface area contributed by atoms with E-state index < -0.39 is 0 Å². The van der Waals surface area contributed by atoms with Crippen LogP contribution in [-0.4, -0.2) is 49.9 Å². The van der Waals surface area contributed by atoms with Crippen LogP contribution in [-0.2, 0) is 11.8 Å². The van der Waals surface area contributed by atoms with Crippen LogP contribution in [0, 0.1) is 13.8 Å². The van der Waals surface area contributed by atoms with Gasteiger partial charge in [0, 0.05) is 18.3 Å². The standard InChI is InChI=1S/C25H28N6O3S/c1-6-34-21-13-9-19(10-14-21)31-24(18-7-11-20(33-5)12-8-18)27-28-25(31)35-15-22(32)26-23-16(2)29-30(4)17(23)3/h7-14H,6,15H2,1-5H3,(H,26,32). The van der Waals surface area contributed by atoms with Crippen LogP contribution < -0.4 is 14.8 Å². The van der Waals surface area contributed by atoms with E-state index in [1.165, 1.54) is 11.8 Å². The Balaban J connectivity index is 1.61. The van der Waals surface area contributed by atoms with E-state index in [0.29, 0.717) is 17.6 Å². The van der Waals surface area contributed by atoms with Gasteiger partial charge in [0.2, 0.25) is 5.91 Å². The van der Waals surface area contributed by atoms with Crippen LogP contribution in [0.3, 0.4) is 0 Å². The van der Waals surface area contributed by atoms with Crippen molar-refractivity contribution in [2.24, 2.45) is 7.05 Å². The second kappa shape index (κ2) is 10.6. The van der Waals surface area contributed by atoms with Gasteiger partial charge in [-0.05, 0) is 69.3 Å². The minimum Gasteiger partial charge on any atom is -0.497 e. The van der Waals surface area contributed by atoms with E-state index >= 15 is 0 Å². The van der Waals surface area contributed by atoms with E-state index in [1.807, 2.05) is 80.9 Å². The summed E-state index contributed by atoms with van der Waals surface area (Å²) in [4.78, 5) is 12.8. The lowest BCUT2D eigenvalue weighted by atomic mass is 10.2. The quantitative estimate of drug-likeness (QED) is 0.346. The minimum absolute atomic E-state index is 0.138. The fourth-order valence-corrected chi connectivity index (χ4v) is 4.39. The number of nitrogens with zero attached hydrogens (tertiary/aromatic N) is 5. The van der Waals surface area contributed by atoms with Gasteiger partial charge in [-0.2, -0.15) is 5.10 Å². The molecule has 0 atom stereocenters. The molecule has 2 aromatic carbocycles. The molecule has 0 saturated carbocycles. The smallest absolute Gasteiger partial charge is 0.234 e. The predicted molar refractivity (Wildman–Crippen MR) is 137 cm³/mol. The summed E-state index contributed by atoms with van der Waals surface area (Å²) in [7, 11) is 3.48. The second-order valence-electron chi connectivity index (χ2n) is 7.80. The fraction of sp³-hybridized carbons (Fsp3) is 0.280. The molecule has 10 heteroatoms. The van der Waals surface area contributed by atoms with Gasteiger partial charge in [-0.1, -0.05) is 11.8 Å². The first kappa shape index (κ1) is 24.3. The van der Waals surface area contributed by atoms with Crippen molar-refractivity contribution in [1.82, 2.24) is 24.5 Å². The molecule has 9 nitrogen and oxygen atoms in total. The predicted octanol–water partition coefficient (Wildman–Crippen LogP) is 4.42. The van der Waals surface area contributed by atoms with Gasteiger partial charge in [-0.3, -0.25) is 14.0 Å². The van der Waals surface area contributed by atoms with Crippen molar-refractivity contribution < 1.29 is 14.3 Å². The van der Waals surface area contributed by atoms with E-state index in [2.05, 4.69) is 20.6 Å². The van der Waals surface area contributed by atoms with Crippen LogP contribution in [0.15, 0.2) is 53.7 Å². The van der Waals surface area contributed by atoms with Gasteiger partial charge in [0.1, 0.15) is 11.5 Å². The highest BCUT2D eigenvalue weighted by Crippen LogP contribution is 2.30. The van der Waals surface area contributed by atoms with Crippen molar-refractivity contribution >= 4 is 23.4 Å². The van der Waals surface area contributed by atoms with Gasteiger partial charge in [-0.15, -0.1) is 10.2 Å². The molecule has 0 aliphatic rings. The monoisotopic (exact) mass is 492 g/mol. The molecule has 0 unspecified atom stereocenters. The molecule has 182 valence electrons. The maximum Gasteiger partial charge on any atom is 0.234 e. The van der Waals surface area contributed by atoms with Gasteiger partial charge < -0.3 is 14.8 Å². The number of hydrogen-bond acceptors (Lipinski definition) is 7. The molecule has 0 aliphatic heterocycles. The lowest BCUT2D eigenvalue weighted by Gasteiger charge is -2.12. The Kier molecular flexibility index (Phi) is 7.40. The molecule has 2 heterocycles. The number of rotatable bonds is 9. The number of ether oxygens (including phenoxy) is 2. The Morgan fingerprint density at radius 2 is 1.71 bits per heavy atom. The summed E-state index contributed by atoms with van der Waals surface area (Å²) in [5.74, 6) is 2.24. The first-order valence-electron chi connectivity index (χ1n) is 11.2. The highest BCUT2D eigenvalue weighted by molar-refractivity contribution is 7.99. The number of aromatic nitrogens is 5. The fourth-order valence-electron chi connectivity index (χ4n) is 3.64. The molecule has 1 amide bonds. The van der Waals surface area contributed by atoms with Crippen molar-refractivity contribution in [2.75, 3.05) is 24.8 Å². The SMILES string of the molecule is CCOc1ccc(-n2c(SCC(=O)Nc3c(C)nn(C)c3C)nnc2-c2ccc(OC)cc2)cc1. The number of carbonyl (C=O) groups is 1. The van der Waals surface area contributed by atoms with E-state index in [4.69, 9.17) is 9.47 Å². The van der Waals surface area contributed by atoms with E-state index in [0.717, 1.165) is 39.8 Å². The van der Waals surface area contributed by atoms with Crippen LogP contribution in [0.5, 0.6) is 11.5 Å². The van der Waals surface area contributed by atoms with Gasteiger partial charge in [0.25, 0.3) is 0 Å². The van der Waals surface area contributed by atoms with Crippen LogP contribution in [0.1, 0.15) is 18.3 Å². The Hall–Kier alpha value is -3.79. The lowest BCUT2D eigenvalue weighted by Crippen LogP contribution is -2.15. The summed E-state index contributed by atoms with van der Waals surface area (Å²) in [5, 5.41) is 16.8. The number of anilines is 1. The van der Waals surface area contributed by atoms with Crippen LogP contribution in [0.2, 0.25) is 0 Å². The van der Waals surface area contributed by atoms with Crippen LogP contribution >= 0.6 is 11.8 Å². The summed E-state index contributed by atoms with van der Waals surface area (Å²) >= 11 is 1.32.